The first-order valence-electron chi connectivity index (χ1n) is 16.6. The number of benzene rings is 8. The van der Waals surface area contributed by atoms with Gasteiger partial charge in [0.2, 0.25) is 0 Å². The first-order chi connectivity index (χ1) is 24.3. The summed E-state index contributed by atoms with van der Waals surface area (Å²) < 4.78 is 5.26. The lowest BCUT2D eigenvalue weighted by Gasteiger charge is -2.27. The number of hydrogen-bond acceptors (Lipinski definition) is 3. The first-order valence-corrected chi connectivity index (χ1v) is 18.2. The lowest BCUT2D eigenvalue weighted by atomic mass is 9.92. The van der Waals surface area contributed by atoms with E-state index in [1.807, 2.05) is 22.7 Å². The highest BCUT2D eigenvalue weighted by molar-refractivity contribution is 7.26. The highest BCUT2D eigenvalue weighted by Gasteiger charge is 2.20. The molecule has 10 rings (SSSR count). The topological polar surface area (TPSA) is 3.24 Å². The van der Waals surface area contributed by atoms with Crippen molar-refractivity contribution in [2.45, 2.75) is 0 Å². The Kier molecular flexibility index (Phi) is 6.61. The normalized spacial score (nSPS) is 11.7. The fraction of sp³-hybridized carbons (Fsp3) is 0. The lowest BCUT2D eigenvalue weighted by Crippen LogP contribution is -2.10. The molecule has 230 valence electrons. The molecule has 1 nitrogen and oxygen atoms in total. The zero-order valence-electron chi connectivity index (χ0n) is 26.5. The molecule has 8 aromatic carbocycles. The molecule has 3 heteroatoms. The minimum absolute atomic E-state index is 1.13. The van der Waals surface area contributed by atoms with Crippen molar-refractivity contribution in [2.24, 2.45) is 0 Å². The highest BCUT2D eigenvalue weighted by Crippen LogP contribution is 2.46. The van der Waals surface area contributed by atoms with Gasteiger partial charge in [-0.05, 0) is 82.1 Å². The van der Waals surface area contributed by atoms with E-state index in [2.05, 4.69) is 181 Å². The summed E-state index contributed by atoms with van der Waals surface area (Å²) in [7, 11) is 0. The Bertz CT molecular complexity index is 2840. The zero-order chi connectivity index (χ0) is 32.3. The molecule has 0 spiro atoms. The molecular weight excluding hydrogens is 631 g/mol. The maximum Gasteiger partial charge on any atom is 0.0468 e. The zero-order valence-corrected chi connectivity index (χ0v) is 28.1. The Balaban J connectivity index is 1.25. The third-order valence-electron chi connectivity index (χ3n) is 9.65. The molecule has 0 aliphatic rings. The summed E-state index contributed by atoms with van der Waals surface area (Å²) in [6, 6.07) is 64.5. The SMILES string of the molecule is c1ccc(-c2ccc(N(c3ccc4ccccc4c3)c3ccc4sc5ccccc5c4c3)cc2-c2cccc3c2sc2ccccc23)cc1. The van der Waals surface area contributed by atoms with Crippen LogP contribution in [-0.2, 0) is 0 Å². The molecule has 0 amide bonds. The van der Waals surface area contributed by atoms with Gasteiger partial charge >= 0.3 is 0 Å². The van der Waals surface area contributed by atoms with Crippen LogP contribution in [0.5, 0.6) is 0 Å². The minimum Gasteiger partial charge on any atom is -0.310 e. The second-order valence-corrected chi connectivity index (χ2v) is 14.7. The van der Waals surface area contributed by atoms with Crippen molar-refractivity contribution in [2.75, 3.05) is 4.90 Å². The van der Waals surface area contributed by atoms with Crippen LogP contribution in [0.25, 0.3) is 73.4 Å². The number of hydrogen-bond donors (Lipinski definition) is 0. The molecule has 0 saturated heterocycles. The fourth-order valence-electron chi connectivity index (χ4n) is 7.34. The molecule has 10 aromatic rings. The molecule has 0 N–H and O–H groups in total. The van der Waals surface area contributed by atoms with Crippen molar-refractivity contribution < 1.29 is 0 Å². The van der Waals surface area contributed by atoms with Crippen molar-refractivity contribution in [3.63, 3.8) is 0 Å². The van der Waals surface area contributed by atoms with Crippen LogP contribution in [0.1, 0.15) is 0 Å². The van der Waals surface area contributed by atoms with Crippen molar-refractivity contribution >= 4 is 90.9 Å². The van der Waals surface area contributed by atoms with Crippen LogP contribution in [-0.4, -0.2) is 0 Å². The van der Waals surface area contributed by atoms with E-state index in [1.165, 1.54) is 73.4 Å². The minimum atomic E-state index is 1.13. The second-order valence-electron chi connectivity index (χ2n) is 12.5. The molecule has 0 saturated carbocycles. The van der Waals surface area contributed by atoms with Gasteiger partial charge in [0.15, 0.2) is 0 Å². The van der Waals surface area contributed by atoms with Crippen molar-refractivity contribution in [3.8, 4) is 22.3 Å². The van der Waals surface area contributed by atoms with Crippen LogP contribution in [0.3, 0.4) is 0 Å². The molecule has 2 aromatic heterocycles. The van der Waals surface area contributed by atoms with Gasteiger partial charge in [0.05, 0.1) is 0 Å². The predicted octanol–water partition coefficient (Wildman–Crippen LogP) is 14.4. The molecule has 0 aliphatic carbocycles. The Morgan fingerprint density at radius 2 is 0.939 bits per heavy atom. The van der Waals surface area contributed by atoms with E-state index in [0.29, 0.717) is 0 Å². The summed E-state index contributed by atoms with van der Waals surface area (Å²) >= 11 is 3.75. The molecule has 2 heterocycles. The van der Waals surface area contributed by atoms with Gasteiger partial charge in [-0.2, -0.15) is 0 Å². The van der Waals surface area contributed by atoms with E-state index < -0.39 is 0 Å². The number of thiophene rings is 2. The van der Waals surface area contributed by atoms with Crippen molar-refractivity contribution in [1.29, 1.82) is 0 Å². The van der Waals surface area contributed by atoms with Gasteiger partial charge in [-0.15, -0.1) is 22.7 Å². The Morgan fingerprint density at radius 3 is 1.80 bits per heavy atom. The Hall–Kier alpha value is -5.74. The number of rotatable bonds is 5. The first kappa shape index (κ1) is 28.3. The summed E-state index contributed by atoms with van der Waals surface area (Å²) in [6.45, 7) is 0. The summed E-state index contributed by atoms with van der Waals surface area (Å²) in [5.41, 5.74) is 8.34. The number of fused-ring (bicyclic) bond motifs is 7. The number of nitrogens with zero attached hydrogens (tertiary/aromatic N) is 1. The van der Waals surface area contributed by atoms with Crippen LogP contribution in [0.4, 0.5) is 17.1 Å². The molecule has 0 unspecified atom stereocenters. The average molecular weight is 660 g/mol. The highest BCUT2D eigenvalue weighted by atomic mass is 32.1. The van der Waals surface area contributed by atoms with Crippen LogP contribution >= 0.6 is 22.7 Å². The molecular formula is C46H29NS2. The monoisotopic (exact) mass is 659 g/mol. The molecule has 0 atom stereocenters. The Morgan fingerprint density at radius 1 is 0.327 bits per heavy atom. The summed E-state index contributed by atoms with van der Waals surface area (Å²) in [4.78, 5) is 2.43. The molecule has 0 aliphatic heterocycles. The van der Waals surface area contributed by atoms with E-state index >= 15 is 0 Å². The number of anilines is 3. The van der Waals surface area contributed by atoms with E-state index in [9.17, 15) is 0 Å². The summed E-state index contributed by atoms with van der Waals surface area (Å²) in [6.07, 6.45) is 0. The second kappa shape index (κ2) is 11.5. The predicted molar refractivity (Wildman–Crippen MR) is 215 cm³/mol. The van der Waals surface area contributed by atoms with Crippen LogP contribution in [0.15, 0.2) is 176 Å². The van der Waals surface area contributed by atoms with E-state index in [1.54, 1.807) is 0 Å². The maximum absolute atomic E-state index is 2.43. The van der Waals surface area contributed by atoms with Gasteiger partial charge in [-0.1, -0.05) is 121 Å². The maximum atomic E-state index is 2.43. The lowest BCUT2D eigenvalue weighted by molar-refractivity contribution is 1.30. The molecule has 0 bridgehead atoms. The standard InChI is InChI=1S/C46H29NS2/c1-2-12-31(13-3-1)36-25-23-34(28-41(36)40-18-10-17-39-37-15-6-9-20-44(37)49-46(39)40)47(33-22-21-30-11-4-5-14-32(30)27-33)35-24-26-45-42(29-35)38-16-7-8-19-43(38)48-45/h1-29H. The molecule has 0 fully saturated rings. The van der Waals surface area contributed by atoms with Gasteiger partial charge in [0.1, 0.15) is 0 Å². The largest absolute Gasteiger partial charge is 0.310 e. The smallest absolute Gasteiger partial charge is 0.0468 e. The van der Waals surface area contributed by atoms with Gasteiger partial charge in [-0.25, -0.2) is 0 Å². The van der Waals surface area contributed by atoms with Crippen LogP contribution in [0, 0.1) is 0 Å². The van der Waals surface area contributed by atoms with Crippen molar-refractivity contribution in [1.82, 2.24) is 0 Å². The van der Waals surface area contributed by atoms with Crippen LogP contribution < -0.4 is 4.90 Å². The van der Waals surface area contributed by atoms with Gasteiger partial charge in [-0.3, -0.25) is 0 Å². The fourth-order valence-corrected chi connectivity index (χ4v) is 9.66. The van der Waals surface area contributed by atoms with E-state index in [4.69, 9.17) is 0 Å². The molecule has 49 heavy (non-hydrogen) atoms. The Labute approximate surface area is 292 Å². The summed E-state index contributed by atoms with van der Waals surface area (Å²) in [5, 5.41) is 7.68. The third-order valence-corrected chi connectivity index (χ3v) is 12.0. The van der Waals surface area contributed by atoms with E-state index in [0.717, 1.165) is 17.1 Å². The third kappa shape index (κ3) is 4.74. The van der Waals surface area contributed by atoms with Gasteiger partial charge in [0.25, 0.3) is 0 Å². The van der Waals surface area contributed by atoms with Gasteiger partial charge in [0, 0.05) is 63.0 Å². The molecule has 0 radical (unpaired) electrons. The average Bonchev–Trinajstić information content (AvgIpc) is 3.74. The quantitative estimate of drug-likeness (QED) is 0.178. The van der Waals surface area contributed by atoms with Crippen molar-refractivity contribution in [3.05, 3.63) is 176 Å². The van der Waals surface area contributed by atoms with Crippen LogP contribution in [0.2, 0.25) is 0 Å². The van der Waals surface area contributed by atoms with E-state index in [-0.39, 0.29) is 0 Å². The summed E-state index contributed by atoms with van der Waals surface area (Å²) in [5.74, 6) is 0. The van der Waals surface area contributed by atoms with Gasteiger partial charge < -0.3 is 4.90 Å².